The fraction of sp³-hybridized carbons (Fsp3) is 0.300. The number of hydrogen-bond donors (Lipinski definition) is 2. The van der Waals surface area contributed by atoms with Crippen molar-refractivity contribution in [2.45, 2.75) is 26.6 Å². The van der Waals surface area contributed by atoms with Crippen LogP contribution in [0.15, 0.2) is 24.3 Å². The van der Waals surface area contributed by atoms with Crippen molar-refractivity contribution >= 4 is 17.5 Å². The molecule has 2 amide bonds. The molecule has 2 aromatic rings. The fourth-order valence-corrected chi connectivity index (χ4v) is 2.92. The predicted molar refractivity (Wildman–Crippen MR) is 102 cm³/mol. The topological polar surface area (TPSA) is 72.4 Å². The first kappa shape index (κ1) is 21.9. The molecular formula is C20H20F3N3O3. The number of halogens is 3. The fourth-order valence-electron chi connectivity index (χ4n) is 2.92. The summed E-state index contributed by atoms with van der Waals surface area (Å²) in [6.45, 7) is 3.63. The molecule has 1 heterocycles. The summed E-state index contributed by atoms with van der Waals surface area (Å²) in [5, 5.41) is 5.21. The zero-order valence-corrected chi connectivity index (χ0v) is 16.1. The van der Waals surface area contributed by atoms with E-state index in [1.54, 1.807) is 25.5 Å². The van der Waals surface area contributed by atoms with Crippen LogP contribution < -0.4 is 15.4 Å². The van der Waals surface area contributed by atoms with Crippen molar-refractivity contribution in [3.63, 3.8) is 0 Å². The molecule has 9 heteroatoms. The molecule has 0 atom stereocenters. The Morgan fingerprint density at radius 2 is 1.83 bits per heavy atom. The molecule has 0 fully saturated rings. The summed E-state index contributed by atoms with van der Waals surface area (Å²) in [4.78, 5) is 24.7. The van der Waals surface area contributed by atoms with Crippen LogP contribution in [0.1, 0.15) is 27.3 Å². The van der Waals surface area contributed by atoms with E-state index in [0.29, 0.717) is 22.5 Å². The van der Waals surface area contributed by atoms with E-state index in [2.05, 4.69) is 21.3 Å². The van der Waals surface area contributed by atoms with Gasteiger partial charge in [-0.25, -0.2) is 0 Å². The number of carbonyl (C=O) groups is 2. The Kier molecular flexibility index (Phi) is 6.59. The predicted octanol–water partition coefficient (Wildman–Crippen LogP) is 3.08. The highest BCUT2D eigenvalue weighted by atomic mass is 19.4. The zero-order valence-electron chi connectivity index (χ0n) is 16.1. The number of hydrogen-bond acceptors (Lipinski definition) is 3. The molecule has 0 saturated carbocycles. The van der Waals surface area contributed by atoms with E-state index >= 15 is 0 Å². The van der Waals surface area contributed by atoms with Crippen LogP contribution in [0, 0.1) is 26.2 Å². The largest absolute Gasteiger partial charge is 0.573 e. The van der Waals surface area contributed by atoms with Gasteiger partial charge in [0, 0.05) is 18.4 Å². The van der Waals surface area contributed by atoms with Crippen molar-refractivity contribution in [2.24, 2.45) is 7.05 Å². The average Bonchev–Trinajstić information content (AvgIpc) is 2.84. The van der Waals surface area contributed by atoms with Gasteiger partial charge in [-0.3, -0.25) is 9.59 Å². The quantitative estimate of drug-likeness (QED) is 0.723. The summed E-state index contributed by atoms with van der Waals surface area (Å²) >= 11 is 0. The maximum absolute atomic E-state index is 12.7. The molecule has 0 saturated heterocycles. The van der Waals surface area contributed by atoms with E-state index in [1.807, 2.05) is 0 Å². The Balaban J connectivity index is 2.18. The molecule has 0 radical (unpaired) electrons. The van der Waals surface area contributed by atoms with Gasteiger partial charge in [-0.2, -0.15) is 0 Å². The molecule has 0 aliphatic rings. The van der Waals surface area contributed by atoms with Crippen LogP contribution in [-0.2, 0) is 18.3 Å². The minimum Gasteiger partial charge on any atom is -0.406 e. The molecule has 0 spiro atoms. The highest BCUT2D eigenvalue weighted by Gasteiger charge is 2.31. The van der Waals surface area contributed by atoms with Gasteiger partial charge < -0.3 is 19.9 Å². The Labute approximate surface area is 166 Å². The van der Waals surface area contributed by atoms with E-state index in [4.69, 9.17) is 6.42 Å². The molecule has 0 aliphatic heterocycles. The van der Waals surface area contributed by atoms with Gasteiger partial charge in [0.05, 0.1) is 13.0 Å². The lowest BCUT2D eigenvalue weighted by Crippen LogP contribution is -2.25. The Morgan fingerprint density at radius 3 is 2.38 bits per heavy atom. The summed E-state index contributed by atoms with van der Waals surface area (Å²) in [6, 6.07) is 4.82. The number of aromatic nitrogens is 1. The first-order chi connectivity index (χ1) is 13.5. The number of nitrogens with one attached hydrogen (secondary N) is 2. The average molecular weight is 407 g/mol. The highest BCUT2D eigenvalue weighted by molar-refractivity contribution is 6.04. The Bertz CT molecular complexity index is 955. The van der Waals surface area contributed by atoms with E-state index in [0.717, 1.165) is 17.8 Å². The molecule has 2 rings (SSSR count). The minimum absolute atomic E-state index is 0.0734. The number of nitrogens with zero attached hydrogens (tertiary/aromatic N) is 1. The second kappa shape index (κ2) is 8.73. The third kappa shape index (κ3) is 5.54. The van der Waals surface area contributed by atoms with Crippen LogP contribution in [0.3, 0.4) is 0 Å². The SMILES string of the molecule is C#CCNC(=O)Cc1c(C)c(C(=O)Nc2ccc(OC(F)(F)F)cc2)n(C)c1C. The lowest BCUT2D eigenvalue weighted by Gasteiger charge is -2.11. The van der Waals surface area contributed by atoms with Gasteiger partial charge >= 0.3 is 6.36 Å². The van der Waals surface area contributed by atoms with Crippen LogP contribution >= 0.6 is 0 Å². The summed E-state index contributed by atoms with van der Waals surface area (Å²) in [7, 11) is 1.69. The smallest absolute Gasteiger partial charge is 0.406 e. The maximum atomic E-state index is 12.7. The summed E-state index contributed by atoms with van der Waals surface area (Å²) < 4.78 is 42.1. The van der Waals surface area contributed by atoms with Gasteiger partial charge in [-0.1, -0.05) is 5.92 Å². The van der Waals surface area contributed by atoms with Crippen molar-refractivity contribution in [1.82, 2.24) is 9.88 Å². The number of alkyl halides is 3. The van der Waals surface area contributed by atoms with Gasteiger partial charge in [0.25, 0.3) is 5.91 Å². The normalized spacial score (nSPS) is 10.9. The van der Waals surface area contributed by atoms with Crippen LogP contribution in [0.4, 0.5) is 18.9 Å². The lowest BCUT2D eigenvalue weighted by atomic mass is 10.1. The molecule has 1 aromatic carbocycles. The van der Waals surface area contributed by atoms with E-state index in [9.17, 15) is 22.8 Å². The summed E-state index contributed by atoms with van der Waals surface area (Å²) in [6.07, 6.45) is 0.412. The molecule has 154 valence electrons. The number of ether oxygens (including phenoxy) is 1. The molecule has 1 aromatic heterocycles. The second-order valence-electron chi connectivity index (χ2n) is 6.28. The second-order valence-corrected chi connectivity index (χ2v) is 6.28. The highest BCUT2D eigenvalue weighted by Crippen LogP contribution is 2.25. The van der Waals surface area contributed by atoms with Gasteiger partial charge in [0.15, 0.2) is 0 Å². The molecule has 2 N–H and O–H groups in total. The van der Waals surface area contributed by atoms with Crippen molar-refractivity contribution in [3.05, 3.63) is 46.8 Å². The molecule has 0 unspecified atom stereocenters. The first-order valence-corrected chi connectivity index (χ1v) is 8.55. The number of anilines is 1. The van der Waals surface area contributed by atoms with Gasteiger partial charge in [-0.15, -0.1) is 19.6 Å². The van der Waals surface area contributed by atoms with Gasteiger partial charge in [0.2, 0.25) is 5.91 Å². The van der Waals surface area contributed by atoms with E-state index in [1.165, 1.54) is 12.1 Å². The van der Waals surface area contributed by atoms with Crippen LogP contribution in [0.5, 0.6) is 5.75 Å². The Hall–Kier alpha value is -3.41. The van der Waals surface area contributed by atoms with Gasteiger partial charge in [-0.05, 0) is 49.2 Å². The van der Waals surface area contributed by atoms with Crippen molar-refractivity contribution < 1.29 is 27.5 Å². The summed E-state index contributed by atoms with van der Waals surface area (Å²) in [5.74, 6) is 1.22. The molecular weight excluding hydrogens is 387 g/mol. The lowest BCUT2D eigenvalue weighted by molar-refractivity contribution is -0.274. The molecule has 29 heavy (non-hydrogen) atoms. The number of carbonyl (C=O) groups excluding carboxylic acids is 2. The van der Waals surface area contributed by atoms with Gasteiger partial charge in [0.1, 0.15) is 11.4 Å². The molecule has 0 bridgehead atoms. The van der Waals surface area contributed by atoms with Crippen molar-refractivity contribution in [2.75, 3.05) is 11.9 Å². The van der Waals surface area contributed by atoms with Crippen LogP contribution in [0.2, 0.25) is 0 Å². The Morgan fingerprint density at radius 1 is 1.21 bits per heavy atom. The third-order valence-electron chi connectivity index (χ3n) is 4.37. The van der Waals surface area contributed by atoms with Crippen LogP contribution in [-0.4, -0.2) is 29.3 Å². The number of benzene rings is 1. The third-order valence-corrected chi connectivity index (χ3v) is 4.37. The standard InChI is InChI=1S/C20H20F3N3O3/c1-5-10-24-17(27)11-16-12(2)18(26(4)13(16)3)19(28)25-14-6-8-15(9-7-14)29-20(21,22)23/h1,6-9H,10-11H2,2-4H3,(H,24,27)(H,25,28). The maximum Gasteiger partial charge on any atom is 0.573 e. The number of terminal acetylenes is 1. The number of amides is 2. The van der Waals surface area contributed by atoms with Crippen molar-refractivity contribution in [1.29, 1.82) is 0 Å². The monoisotopic (exact) mass is 407 g/mol. The van der Waals surface area contributed by atoms with E-state index in [-0.39, 0.29) is 24.6 Å². The molecule has 6 nitrogen and oxygen atoms in total. The zero-order chi connectivity index (χ0) is 21.8. The summed E-state index contributed by atoms with van der Waals surface area (Å²) in [5.41, 5.74) is 2.74. The minimum atomic E-state index is -4.79. The first-order valence-electron chi connectivity index (χ1n) is 8.55. The number of rotatable bonds is 6. The van der Waals surface area contributed by atoms with E-state index < -0.39 is 12.3 Å². The van der Waals surface area contributed by atoms with Crippen molar-refractivity contribution in [3.8, 4) is 18.1 Å². The molecule has 0 aliphatic carbocycles. The van der Waals surface area contributed by atoms with Crippen LogP contribution in [0.25, 0.3) is 0 Å².